The molecule has 1 aliphatic rings. The van der Waals surface area contributed by atoms with Crippen molar-refractivity contribution in [1.29, 1.82) is 0 Å². The molecule has 1 aliphatic carbocycles. The molecule has 0 fully saturated rings. The first kappa shape index (κ1) is 16.8. The average molecular weight is 393 g/mol. The molecule has 0 saturated carbocycles. The molecule has 0 bridgehead atoms. The Morgan fingerprint density at radius 3 is 1.74 bits per heavy atom. The van der Waals surface area contributed by atoms with Crippen molar-refractivity contribution in [2.45, 2.75) is 6.42 Å². The van der Waals surface area contributed by atoms with Crippen LogP contribution in [0, 0.1) is 0 Å². The Hall–Kier alpha value is -3.90. The monoisotopic (exact) mass is 392 g/mol. The SMILES string of the molecule is c1ccc2cc(-c3ccc4c5c(ccc4c3)-c3ccc4ccccc4c3C5)ccc2c1. The van der Waals surface area contributed by atoms with Crippen molar-refractivity contribution in [3.05, 3.63) is 120 Å². The Kier molecular flexibility index (Phi) is 3.42. The molecular formula is C31H20. The van der Waals surface area contributed by atoms with Crippen LogP contribution in [0.3, 0.4) is 0 Å². The van der Waals surface area contributed by atoms with Gasteiger partial charge < -0.3 is 0 Å². The summed E-state index contributed by atoms with van der Waals surface area (Å²) in [5.41, 5.74) is 8.28. The van der Waals surface area contributed by atoms with E-state index in [2.05, 4.69) is 109 Å². The van der Waals surface area contributed by atoms with E-state index in [4.69, 9.17) is 0 Å². The van der Waals surface area contributed by atoms with E-state index in [1.807, 2.05) is 0 Å². The molecule has 7 rings (SSSR count). The van der Waals surface area contributed by atoms with Crippen LogP contribution in [-0.4, -0.2) is 0 Å². The largest absolute Gasteiger partial charge is 0.0616 e. The Morgan fingerprint density at radius 1 is 0.387 bits per heavy atom. The fraction of sp³-hybridized carbons (Fsp3) is 0.0323. The minimum Gasteiger partial charge on any atom is -0.0616 e. The lowest BCUT2D eigenvalue weighted by molar-refractivity contribution is 1.31. The van der Waals surface area contributed by atoms with E-state index in [1.54, 1.807) is 0 Å². The minimum atomic E-state index is 1.01. The molecule has 0 N–H and O–H groups in total. The summed E-state index contributed by atoms with van der Waals surface area (Å²) >= 11 is 0. The molecule has 0 nitrogen and oxygen atoms in total. The van der Waals surface area contributed by atoms with Gasteiger partial charge in [-0.3, -0.25) is 0 Å². The molecule has 0 atom stereocenters. The molecule has 0 aliphatic heterocycles. The summed E-state index contributed by atoms with van der Waals surface area (Å²) in [6.45, 7) is 0. The highest BCUT2D eigenvalue weighted by molar-refractivity contribution is 6.02. The first-order chi connectivity index (χ1) is 15.3. The first-order valence-corrected chi connectivity index (χ1v) is 10.9. The van der Waals surface area contributed by atoms with E-state index in [1.165, 1.54) is 65.7 Å². The maximum atomic E-state index is 2.35. The van der Waals surface area contributed by atoms with Gasteiger partial charge in [0.25, 0.3) is 0 Å². The second-order valence-corrected chi connectivity index (χ2v) is 8.58. The van der Waals surface area contributed by atoms with Crippen LogP contribution in [-0.2, 0) is 6.42 Å². The van der Waals surface area contributed by atoms with Gasteiger partial charge in [-0.1, -0.05) is 97.1 Å². The maximum absolute atomic E-state index is 2.35. The summed E-state index contributed by atoms with van der Waals surface area (Å²) < 4.78 is 0. The Morgan fingerprint density at radius 2 is 0.935 bits per heavy atom. The third kappa shape index (κ3) is 2.49. The summed E-state index contributed by atoms with van der Waals surface area (Å²) in [5, 5.41) is 7.99. The standard InChI is InChI=1S/C31H20/c1-2-7-22-17-23(10-9-20(22)5-1)24-12-14-27-25(18-24)13-16-29-28-15-11-21-6-3-4-8-26(21)30(28)19-31(27)29/h1-18H,19H2. The normalized spacial score (nSPS) is 12.4. The molecule has 6 aromatic carbocycles. The molecule has 0 spiro atoms. The van der Waals surface area contributed by atoms with Crippen molar-refractivity contribution in [3.8, 4) is 22.3 Å². The van der Waals surface area contributed by atoms with Crippen LogP contribution >= 0.6 is 0 Å². The number of hydrogen-bond donors (Lipinski definition) is 0. The van der Waals surface area contributed by atoms with Gasteiger partial charge in [0.1, 0.15) is 0 Å². The zero-order valence-corrected chi connectivity index (χ0v) is 17.1. The third-order valence-corrected chi connectivity index (χ3v) is 6.90. The zero-order chi connectivity index (χ0) is 20.4. The molecule has 6 aromatic rings. The fourth-order valence-electron chi connectivity index (χ4n) is 5.34. The highest BCUT2D eigenvalue weighted by Gasteiger charge is 2.22. The van der Waals surface area contributed by atoms with Crippen LogP contribution in [0.1, 0.15) is 11.1 Å². The lowest BCUT2D eigenvalue weighted by Crippen LogP contribution is -1.86. The van der Waals surface area contributed by atoms with Gasteiger partial charge in [-0.05, 0) is 84.3 Å². The van der Waals surface area contributed by atoms with E-state index in [9.17, 15) is 0 Å². The van der Waals surface area contributed by atoms with Gasteiger partial charge >= 0.3 is 0 Å². The molecule has 0 heterocycles. The van der Waals surface area contributed by atoms with Crippen LogP contribution in [0.5, 0.6) is 0 Å². The summed E-state index contributed by atoms with van der Waals surface area (Å²) in [6.07, 6.45) is 1.01. The number of benzene rings is 6. The predicted molar refractivity (Wildman–Crippen MR) is 133 cm³/mol. The minimum absolute atomic E-state index is 1.01. The summed E-state index contributed by atoms with van der Waals surface area (Å²) in [5.74, 6) is 0. The number of fused-ring (bicyclic) bond motifs is 8. The first-order valence-electron chi connectivity index (χ1n) is 10.9. The third-order valence-electron chi connectivity index (χ3n) is 6.90. The van der Waals surface area contributed by atoms with Crippen molar-refractivity contribution in [2.24, 2.45) is 0 Å². The second kappa shape index (κ2) is 6.30. The van der Waals surface area contributed by atoms with E-state index in [0.717, 1.165) is 6.42 Å². The highest BCUT2D eigenvalue weighted by Crippen LogP contribution is 2.43. The average Bonchev–Trinajstić information content (AvgIpc) is 3.23. The van der Waals surface area contributed by atoms with Crippen LogP contribution in [0.4, 0.5) is 0 Å². The predicted octanol–water partition coefficient (Wildman–Crippen LogP) is 8.38. The fourth-order valence-corrected chi connectivity index (χ4v) is 5.34. The summed E-state index contributed by atoms with van der Waals surface area (Å²) in [4.78, 5) is 0. The molecule has 0 unspecified atom stereocenters. The van der Waals surface area contributed by atoms with E-state index < -0.39 is 0 Å². The van der Waals surface area contributed by atoms with E-state index in [-0.39, 0.29) is 0 Å². The van der Waals surface area contributed by atoms with Crippen LogP contribution in [0.2, 0.25) is 0 Å². The lowest BCUT2D eigenvalue weighted by atomic mass is 9.95. The second-order valence-electron chi connectivity index (χ2n) is 8.58. The smallest absolute Gasteiger partial charge is 0.000112 e. The van der Waals surface area contributed by atoms with Gasteiger partial charge in [0.05, 0.1) is 0 Å². The van der Waals surface area contributed by atoms with Crippen LogP contribution in [0.15, 0.2) is 109 Å². The van der Waals surface area contributed by atoms with Gasteiger partial charge in [0.15, 0.2) is 0 Å². The highest BCUT2D eigenvalue weighted by atomic mass is 14.3. The number of rotatable bonds is 1. The summed E-state index contributed by atoms with van der Waals surface area (Å²) in [6, 6.07) is 40.2. The topological polar surface area (TPSA) is 0 Å². The van der Waals surface area contributed by atoms with Crippen molar-refractivity contribution < 1.29 is 0 Å². The van der Waals surface area contributed by atoms with E-state index >= 15 is 0 Å². The molecular weight excluding hydrogens is 372 g/mol. The van der Waals surface area contributed by atoms with Gasteiger partial charge in [0, 0.05) is 0 Å². The maximum Gasteiger partial charge on any atom is -0.000112 e. The van der Waals surface area contributed by atoms with Gasteiger partial charge in [-0.15, -0.1) is 0 Å². The Balaban J connectivity index is 1.38. The van der Waals surface area contributed by atoms with Gasteiger partial charge in [0.2, 0.25) is 0 Å². The quantitative estimate of drug-likeness (QED) is 0.263. The molecule has 144 valence electrons. The van der Waals surface area contributed by atoms with Crippen molar-refractivity contribution >= 4 is 32.3 Å². The van der Waals surface area contributed by atoms with Crippen molar-refractivity contribution in [1.82, 2.24) is 0 Å². The Bertz CT molecular complexity index is 1650. The lowest BCUT2D eigenvalue weighted by Gasteiger charge is -2.09. The molecule has 0 saturated heterocycles. The number of hydrogen-bond acceptors (Lipinski definition) is 0. The molecule has 0 radical (unpaired) electrons. The van der Waals surface area contributed by atoms with Crippen LogP contribution < -0.4 is 0 Å². The molecule has 31 heavy (non-hydrogen) atoms. The Labute approximate surface area is 181 Å². The van der Waals surface area contributed by atoms with Crippen LogP contribution in [0.25, 0.3) is 54.6 Å². The molecule has 0 amide bonds. The van der Waals surface area contributed by atoms with Gasteiger partial charge in [-0.25, -0.2) is 0 Å². The van der Waals surface area contributed by atoms with Crippen molar-refractivity contribution in [3.63, 3.8) is 0 Å². The molecule has 0 heteroatoms. The molecule has 0 aromatic heterocycles. The zero-order valence-electron chi connectivity index (χ0n) is 17.1. The van der Waals surface area contributed by atoms with E-state index in [0.29, 0.717) is 0 Å². The van der Waals surface area contributed by atoms with Crippen molar-refractivity contribution in [2.75, 3.05) is 0 Å². The summed E-state index contributed by atoms with van der Waals surface area (Å²) in [7, 11) is 0. The van der Waals surface area contributed by atoms with Gasteiger partial charge in [-0.2, -0.15) is 0 Å².